The van der Waals surface area contributed by atoms with Crippen LogP contribution in [-0.2, 0) is 22.3 Å². The second kappa shape index (κ2) is 8.90. The Morgan fingerprint density at radius 2 is 1.86 bits per heavy atom. The van der Waals surface area contributed by atoms with Crippen LogP contribution < -0.4 is 10.6 Å². The molecule has 0 radical (unpaired) electrons. The molecule has 0 aromatic heterocycles. The number of hydrogen-bond acceptors (Lipinski definition) is 4. The van der Waals surface area contributed by atoms with E-state index in [2.05, 4.69) is 10.6 Å². The number of hydrogen-bond donors (Lipinski definition) is 2. The van der Waals surface area contributed by atoms with E-state index < -0.39 is 35.3 Å². The topological polar surface area (TPSA) is 91.2 Å². The zero-order valence-electron chi connectivity index (χ0n) is 14.7. The van der Waals surface area contributed by atoms with E-state index in [0.29, 0.717) is 6.07 Å². The van der Waals surface area contributed by atoms with Crippen molar-refractivity contribution < 1.29 is 27.5 Å². The van der Waals surface area contributed by atoms with Gasteiger partial charge in [0, 0.05) is 5.69 Å². The first kappa shape index (κ1) is 20.8. The molecule has 28 heavy (non-hydrogen) atoms. The molecule has 6 nitrogen and oxygen atoms in total. The molecule has 0 saturated heterocycles. The minimum atomic E-state index is -4.74. The molecule has 0 aliphatic carbocycles. The lowest BCUT2D eigenvalue weighted by molar-refractivity contribution is -0.137. The van der Waals surface area contributed by atoms with Crippen molar-refractivity contribution in [2.45, 2.75) is 25.7 Å². The summed E-state index contributed by atoms with van der Waals surface area (Å²) in [6.45, 7) is 1.36. The molecule has 1 unspecified atom stereocenters. The molecule has 0 heterocycles. The number of rotatable bonds is 5. The minimum Gasteiger partial charge on any atom is -0.445 e. The van der Waals surface area contributed by atoms with Crippen LogP contribution in [0.3, 0.4) is 0 Å². The van der Waals surface area contributed by atoms with Gasteiger partial charge in [-0.25, -0.2) is 4.79 Å². The van der Waals surface area contributed by atoms with E-state index in [1.54, 1.807) is 24.3 Å². The summed E-state index contributed by atoms with van der Waals surface area (Å²) in [6, 6.07) is 12.1. The first-order chi connectivity index (χ1) is 13.2. The molecule has 0 spiro atoms. The molecule has 1 atom stereocenters. The Balaban J connectivity index is 1.95. The predicted octanol–water partition coefficient (Wildman–Crippen LogP) is 3.83. The molecule has 2 aromatic rings. The first-order valence-corrected chi connectivity index (χ1v) is 8.10. The van der Waals surface area contributed by atoms with E-state index in [1.807, 2.05) is 6.07 Å². The molecule has 2 rings (SSSR count). The van der Waals surface area contributed by atoms with Crippen LogP contribution in [0.4, 0.5) is 23.7 Å². The molecule has 9 heteroatoms. The van der Waals surface area contributed by atoms with Gasteiger partial charge in [-0.1, -0.05) is 30.3 Å². The maximum absolute atomic E-state index is 13.0. The second-order valence-corrected chi connectivity index (χ2v) is 5.79. The Kier molecular flexibility index (Phi) is 6.60. The number of carbonyl (C=O) groups is 2. The summed E-state index contributed by atoms with van der Waals surface area (Å²) in [5.41, 5.74) is -1.11. The molecule has 2 N–H and O–H groups in total. The van der Waals surface area contributed by atoms with E-state index in [9.17, 15) is 22.8 Å². The van der Waals surface area contributed by atoms with E-state index in [4.69, 9.17) is 10.00 Å². The van der Waals surface area contributed by atoms with Crippen molar-refractivity contribution in [1.82, 2.24) is 5.32 Å². The standard InChI is InChI=1S/C19H16F3N3O3/c1-12(24-18(27)28-11-13-5-3-2-4-6-13)17(26)25-15-8-7-14(10-23)16(9-15)19(20,21)22/h2-9,12H,11H2,1H3,(H,24,27)(H,25,26). The zero-order chi connectivity index (χ0) is 20.7. The molecule has 0 fully saturated rings. The molecular formula is C19H16F3N3O3. The lowest BCUT2D eigenvalue weighted by Crippen LogP contribution is -2.41. The van der Waals surface area contributed by atoms with Gasteiger partial charge < -0.3 is 15.4 Å². The zero-order valence-corrected chi connectivity index (χ0v) is 14.7. The summed E-state index contributed by atoms with van der Waals surface area (Å²) in [6.07, 6.45) is -5.58. The summed E-state index contributed by atoms with van der Waals surface area (Å²) in [5.74, 6) is -0.741. The number of nitriles is 1. The number of anilines is 1. The van der Waals surface area contributed by atoms with Crippen molar-refractivity contribution >= 4 is 17.7 Å². The van der Waals surface area contributed by atoms with Crippen LogP contribution in [0.2, 0.25) is 0 Å². The van der Waals surface area contributed by atoms with Crippen LogP contribution in [0.1, 0.15) is 23.6 Å². The number of alkyl halides is 3. The largest absolute Gasteiger partial charge is 0.445 e. The van der Waals surface area contributed by atoms with Gasteiger partial charge >= 0.3 is 12.3 Å². The van der Waals surface area contributed by atoms with E-state index in [1.165, 1.54) is 19.1 Å². The smallest absolute Gasteiger partial charge is 0.417 e. The minimum absolute atomic E-state index is 0.00553. The van der Waals surface area contributed by atoms with E-state index in [-0.39, 0.29) is 12.3 Å². The van der Waals surface area contributed by atoms with Crippen LogP contribution in [0.5, 0.6) is 0 Å². The Bertz CT molecular complexity index is 893. The highest BCUT2D eigenvalue weighted by Crippen LogP contribution is 2.33. The van der Waals surface area contributed by atoms with Gasteiger partial charge in [0.05, 0.1) is 17.2 Å². The molecule has 0 bridgehead atoms. The fourth-order valence-corrected chi connectivity index (χ4v) is 2.21. The number of nitrogens with one attached hydrogen (secondary N) is 2. The highest BCUT2D eigenvalue weighted by molar-refractivity contribution is 5.96. The summed E-state index contributed by atoms with van der Waals surface area (Å²) in [5, 5.41) is 13.3. The van der Waals surface area contributed by atoms with Crippen LogP contribution >= 0.6 is 0 Å². The van der Waals surface area contributed by atoms with E-state index in [0.717, 1.165) is 11.6 Å². The van der Waals surface area contributed by atoms with Gasteiger partial charge in [0.25, 0.3) is 0 Å². The van der Waals surface area contributed by atoms with Crippen LogP contribution in [0.15, 0.2) is 48.5 Å². The lowest BCUT2D eigenvalue weighted by atomic mass is 10.1. The quantitative estimate of drug-likeness (QED) is 0.810. The van der Waals surface area contributed by atoms with Crippen molar-refractivity contribution in [1.29, 1.82) is 5.26 Å². The van der Waals surface area contributed by atoms with Gasteiger partial charge in [-0.05, 0) is 30.7 Å². The van der Waals surface area contributed by atoms with Crippen molar-refractivity contribution in [2.24, 2.45) is 0 Å². The predicted molar refractivity (Wildman–Crippen MR) is 94.0 cm³/mol. The molecule has 2 aromatic carbocycles. The average molecular weight is 391 g/mol. The summed E-state index contributed by atoms with van der Waals surface area (Å²) in [7, 11) is 0. The molecule has 0 aliphatic heterocycles. The third kappa shape index (κ3) is 5.74. The third-order valence-corrected chi connectivity index (χ3v) is 3.65. The van der Waals surface area contributed by atoms with Crippen molar-refractivity contribution in [3.8, 4) is 6.07 Å². The Morgan fingerprint density at radius 1 is 1.18 bits per heavy atom. The number of amides is 2. The summed E-state index contributed by atoms with van der Waals surface area (Å²) < 4.78 is 43.9. The molecule has 146 valence electrons. The highest BCUT2D eigenvalue weighted by atomic mass is 19.4. The number of alkyl carbamates (subject to hydrolysis) is 1. The van der Waals surface area contributed by atoms with Crippen molar-refractivity contribution in [2.75, 3.05) is 5.32 Å². The third-order valence-electron chi connectivity index (χ3n) is 3.65. The van der Waals surface area contributed by atoms with Crippen molar-refractivity contribution in [3.63, 3.8) is 0 Å². The fraction of sp³-hybridized carbons (Fsp3) is 0.211. The van der Waals surface area contributed by atoms with Gasteiger partial charge in [-0.2, -0.15) is 18.4 Å². The first-order valence-electron chi connectivity index (χ1n) is 8.10. The SMILES string of the molecule is CC(NC(=O)OCc1ccccc1)C(=O)Nc1ccc(C#N)c(C(F)(F)F)c1. The maximum atomic E-state index is 13.0. The Hall–Kier alpha value is -3.54. The lowest BCUT2D eigenvalue weighted by Gasteiger charge is -2.15. The maximum Gasteiger partial charge on any atom is 0.417 e. The monoisotopic (exact) mass is 391 g/mol. The Labute approximate surface area is 158 Å². The summed E-state index contributed by atoms with van der Waals surface area (Å²) in [4.78, 5) is 23.9. The molecule has 0 saturated carbocycles. The van der Waals surface area contributed by atoms with Crippen LogP contribution in [0.25, 0.3) is 0 Å². The van der Waals surface area contributed by atoms with Crippen molar-refractivity contribution in [3.05, 3.63) is 65.2 Å². The fourth-order valence-electron chi connectivity index (χ4n) is 2.21. The number of ether oxygens (including phenoxy) is 1. The van der Waals surface area contributed by atoms with Gasteiger partial charge in [-0.15, -0.1) is 0 Å². The number of nitrogens with zero attached hydrogens (tertiary/aromatic N) is 1. The Morgan fingerprint density at radius 3 is 2.46 bits per heavy atom. The van der Waals surface area contributed by atoms with Crippen LogP contribution in [-0.4, -0.2) is 18.0 Å². The molecule has 0 aliphatic rings. The van der Waals surface area contributed by atoms with Crippen LogP contribution in [0, 0.1) is 11.3 Å². The van der Waals surface area contributed by atoms with Gasteiger partial charge in [0.1, 0.15) is 12.6 Å². The molecular weight excluding hydrogens is 375 g/mol. The van der Waals surface area contributed by atoms with Gasteiger partial charge in [0.2, 0.25) is 5.91 Å². The number of carbonyl (C=O) groups excluding carboxylic acids is 2. The summed E-state index contributed by atoms with van der Waals surface area (Å²) >= 11 is 0. The highest BCUT2D eigenvalue weighted by Gasteiger charge is 2.34. The molecule has 2 amide bonds. The normalized spacial score (nSPS) is 11.8. The average Bonchev–Trinajstić information content (AvgIpc) is 2.66. The van der Waals surface area contributed by atoms with E-state index >= 15 is 0 Å². The number of benzene rings is 2. The second-order valence-electron chi connectivity index (χ2n) is 5.79. The number of halogens is 3. The van der Waals surface area contributed by atoms with Gasteiger partial charge in [-0.3, -0.25) is 4.79 Å². The van der Waals surface area contributed by atoms with Gasteiger partial charge in [0.15, 0.2) is 0 Å².